The Bertz CT molecular complexity index is 1740. The van der Waals surface area contributed by atoms with Gasteiger partial charge in [-0.15, -0.1) is 18.3 Å². The van der Waals surface area contributed by atoms with Crippen LogP contribution in [0.4, 0.5) is 23.7 Å². The molecule has 4 aromatic rings. The number of amides is 2. The van der Waals surface area contributed by atoms with Gasteiger partial charge in [0.1, 0.15) is 17.8 Å². The van der Waals surface area contributed by atoms with Crippen LogP contribution in [-0.4, -0.2) is 57.8 Å². The number of rotatable bonds is 11. The number of halogens is 3. The van der Waals surface area contributed by atoms with E-state index >= 15 is 0 Å². The van der Waals surface area contributed by atoms with Gasteiger partial charge in [-0.2, -0.15) is 4.99 Å². The van der Waals surface area contributed by atoms with Gasteiger partial charge in [0.15, 0.2) is 11.0 Å². The van der Waals surface area contributed by atoms with Crippen molar-refractivity contribution in [1.82, 2.24) is 20.1 Å². The van der Waals surface area contributed by atoms with Gasteiger partial charge in [-0.3, -0.25) is 0 Å². The van der Waals surface area contributed by atoms with Gasteiger partial charge in [0.2, 0.25) is 0 Å². The molecular weight excluding hydrogens is 653 g/mol. The van der Waals surface area contributed by atoms with Gasteiger partial charge >= 0.3 is 12.4 Å². The van der Waals surface area contributed by atoms with Gasteiger partial charge in [0.05, 0.1) is 18.5 Å². The van der Waals surface area contributed by atoms with Gasteiger partial charge in [-0.25, -0.2) is 14.5 Å². The van der Waals surface area contributed by atoms with Crippen molar-refractivity contribution < 1.29 is 27.4 Å². The number of carbonyl (C=O) groups is 1. The topological polar surface area (TPSA) is 93.9 Å². The smallest absolute Gasteiger partial charge is 0.497 e. The first-order valence-electron chi connectivity index (χ1n) is 16.2. The molecule has 2 heterocycles. The fourth-order valence-corrected chi connectivity index (χ4v) is 6.85. The minimum Gasteiger partial charge on any atom is -0.497 e. The van der Waals surface area contributed by atoms with Crippen molar-refractivity contribution in [2.75, 3.05) is 24.3 Å². The first-order valence-corrected chi connectivity index (χ1v) is 17.2. The number of nitrogens with one attached hydrogen (secondary N) is 1. The van der Waals surface area contributed by atoms with Gasteiger partial charge in [0.25, 0.3) is 0 Å². The highest BCUT2D eigenvalue weighted by Crippen LogP contribution is 2.37. The van der Waals surface area contributed by atoms with Crippen molar-refractivity contribution in [3.05, 3.63) is 84.2 Å². The summed E-state index contributed by atoms with van der Waals surface area (Å²) in [7, 11) is 1.66. The SMILES string of the molecule is COc1ccc(C(C)C)c(N2C(=NC(=O)NCCC(C)Cc3ccc(-c4ncn(-c5ccc(OC(F)(F)F)cc5)n4)cc3)SCCC2C)c1. The highest BCUT2D eigenvalue weighted by Gasteiger charge is 2.31. The van der Waals surface area contributed by atoms with Gasteiger partial charge in [-0.05, 0) is 79.5 Å². The molecule has 2 amide bonds. The minimum absolute atomic E-state index is 0.192. The summed E-state index contributed by atoms with van der Waals surface area (Å²) in [6.07, 6.45) is -0.633. The average molecular weight is 695 g/mol. The molecule has 1 fully saturated rings. The molecule has 9 nitrogen and oxygen atoms in total. The van der Waals surface area contributed by atoms with Crippen LogP contribution in [0.3, 0.4) is 0 Å². The van der Waals surface area contributed by atoms with Crippen molar-refractivity contribution in [2.24, 2.45) is 10.9 Å². The molecular formula is C36H41F3N6O3S. The number of amidine groups is 1. The van der Waals surface area contributed by atoms with Crippen LogP contribution >= 0.6 is 11.8 Å². The van der Waals surface area contributed by atoms with E-state index in [4.69, 9.17) is 4.74 Å². The Balaban J connectivity index is 1.14. The molecule has 3 aromatic carbocycles. The van der Waals surface area contributed by atoms with Crippen LogP contribution in [0.1, 0.15) is 57.6 Å². The van der Waals surface area contributed by atoms with E-state index in [0.29, 0.717) is 35.1 Å². The van der Waals surface area contributed by atoms with E-state index in [1.165, 1.54) is 40.8 Å². The quantitative estimate of drug-likeness (QED) is 0.168. The summed E-state index contributed by atoms with van der Waals surface area (Å²) in [5.41, 5.74) is 4.72. The highest BCUT2D eigenvalue weighted by atomic mass is 32.2. The molecule has 1 N–H and O–H groups in total. The van der Waals surface area contributed by atoms with E-state index in [2.05, 4.69) is 63.8 Å². The average Bonchev–Trinajstić information content (AvgIpc) is 3.55. The number of carbonyl (C=O) groups excluding carboxylic acids is 1. The monoisotopic (exact) mass is 694 g/mol. The molecule has 1 aliphatic heterocycles. The number of ether oxygens (including phenoxy) is 2. The fraction of sp³-hybridized carbons (Fsp3) is 0.389. The van der Waals surface area contributed by atoms with Gasteiger partial charge in [-0.1, -0.05) is 62.9 Å². The molecule has 0 saturated carbocycles. The third-order valence-electron chi connectivity index (χ3n) is 8.27. The van der Waals surface area contributed by atoms with Crippen LogP contribution in [0.2, 0.25) is 0 Å². The number of hydrogen-bond acceptors (Lipinski definition) is 6. The predicted molar refractivity (Wildman–Crippen MR) is 188 cm³/mol. The number of nitrogens with zero attached hydrogens (tertiary/aromatic N) is 5. The summed E-state index contributed by atoms with van der Waals surface area (Å²) in [5, 5.41) is 8.16. The molecule has 1 saturated heterocycles. The fourth-order valence-electron chi connectivity index (χ4n) is 5.65. The molecule has 1 aliphatic rings. The zero-order chi connectivity index (χ0) is 35.1. The maximum Gasteiger partial charge on any atom is 0.573 e. The number of anilines is 1. The molecule has 49 heavy (non-hydrogen) atoms. The normalized spacial score (nSPS) is 16.6. The zero-order valence-electron chi connectivity index (χ0n) is 28.2. The predicted octanol–water partition coefficient (Wildman–Crippen LogP) is 8.63. The van der Waals surface area contributed by atoms with Crippen molar-refractivity contribution in [3.8, 4) is 28.6 Å². The zero-order valence-corrected chi connectivity index (χ0v) is 29.0. The second-order valence-electron chi connectivity index (χ2n) is 12.4. The lowest BCUT2D eigenvalue weighted by molar-refractivity contribution is -0.274. The molecule has 13 heteroatoms. The van der Waals surface area contributed by atoms with Crippen LogP contribution in [0.5, 0.6) is 11.5 Å². The Morgan fingerprint density at radius 1 is 1.06 bits per heavy atom. The summed E-state index contributed by atoms with van der Waals surface area (Å²) >= 11 is 1.60. The number of alkyl halides is 3. The van der Waals surface area contributed by atoms with E-state index in [1.807, 2.05) is 36.4 Å². The van der Waals surface area contributed by atoms with Crippen molar-refractivity contribution in [1.29, 1.82) is 0 Å². The van der Waals surface area contributed by atoms with Gasteiger partial charge < -0.3 is 19.7 Å². The van der Waals surface area contributed by atoms with E-state index < -0.39 is 6.36 Å². The number of benzene rings is 3. The van der Waals surface area contributed by atoms with Crippen LogP contribution < -0.4 is 19.7 Å². The van der Waals surface area contributed by atoms with Crippen molar-refractivity contribution >= 4 is 28.6 Å². The van der Waals surface area contributed by atoms with Crippen LogP contribution in [0.25, 0.3) is 17.1 Å². The number of hydrogen-bond donors (Lipinski definition) is 1. The molecule has 0 spiro atoms. The first kappa shape index (κ1) is 35.8. The molecule has 2 unspecified atom stereocenters. The summed E-state index contributed by atoms with van der Waals surface area (Å²) in [6, 6.07) is 19.3. The van der Waals surface area contributed by atoms with E-state index in [-0.39, 0.29) is 17.8 Å². The Morgan fingerprint density at radius 3 is 2.45 bits per heavy atom. The lowest BCUT2D eigenvalue weighted by Crippen LogP contribution is -2.42. The lowest BCUT2D eigenvalue weighted by atomic mass is 9.97. The van der Waals surface area contributed by atoms with E-state index in [0.717, 1.165) is 47.6 Å². The Kier molecular flexibility index (Phi) is 11.5. The molecule has 1 aromatic heterocycles. The van der Waals surface area contributed by atoms with Crippen LogP contribution in [0.15, 0.2) is 78.0 Å². The van der Waals surface area contributed by atoms with Crippen LogP contribution in [0, 0.1) is 5.92 Å². The third-order valence-corrected chi connectivity index (χ3v) is 9.25. The summed E-state index contributed by atoms with van der Waals surface area (Å²) < 4.78 is 48.3. The minimum atomic E-state index is -4.75. The number of aromatic nitrogens is 3. The van der Waals surface area contributed by atoms with Gasteiger partial charge in [0, 0.05) is 30.0 Å². The number of urea groups is 1. The Hall–Kier alpha value is -4.52. The highest BCUT2D eigenvalue weighted by molar-refractivity contribution is 8.14. The summed E-state index contributed by atoms with van der Waals surface area (Å²) in [5.74, 6) is 2.47. The molecule has 260 valence electrons. The summed E-state index contributed by atoms with van der Waals surface area (Å²) in [6.45, 7) is 9.14. The summed E-state index contributed by atoms with van der Waals surface area (Å²) in [4.78, 5) is 24.0. The van der Waals surface area contributed by atoms with Crippen molar-refractivity contribution in [2.45, 2.75) is 65.3 Å². The molecule has 0 aliphatic carbocycles. The molecule has 5 rings (SSSR count). The molecule has 0 radical (unpaired) electrons. The Labute approximate surface area is 288 Å². The maximum absolute atomic E-state index is 13.0. The van der Waals surface area contributed by atoms with Crippen LogP contribution in [-0.2, 0) is 6.42 Å². The standard InChI is InChI=1S/C36H41F3N6O3S/c1-23(2)31-15-14-30(47-5)21-32(31)45-25(4)17-19-49-35(45)42-34(46)40-18-16-24(3)20-26-6-8-27(9-7-26)33-41-22-44(43-33)28-10-12-29(13-11-28)48-36(37,38)39/h6-15,21-25H,16-20H2,1-5H3,(H,40,46). The number of aliphatic imine (C=N–C) groups is 1. The Morgan fingerprint density at radius 2 is 1.78 bits per heavy atom. The van der Waals surface area contributed by atoms with E-state index in [9.17, 15) is 18.0 Å². The second-order valence-corrected chi connectivity index (χ2v) is 13.5. The number of thioether (sulfide) groups is 1. The first-order chi connectivity index (χ1) is 23.4. The largest absolute Gasteiger partial charge is 0.573 e. The molecule has 0 bridgehead atoms. The van der Waals surface area contributed by atoms with Crippen molar-refractivity contribution in [3.63, 3.8) is 0 Å². The third kappa shape index (κ3) is 9.56. The maximum atomic E-state index is 13.0. The molecule has 2 atom stereocenters. The number of methoxy groups -OCH3 is 1. The lowest BCUT2D eigenvalue weighted by Gasteiger charge is -2.37. The van der Waals surface area contributed by atoms with E-state index in [1.54, 1.807) is 18.9 Å². The second kappa shape index (κ2) is 15.8.